The number of rotatable bonds is 3. The first-order valence-corrected chi connectivity index (χ1v) is 10.5. The first kappa shape index (κ1) is 20.1. The van der Waals surface area contributed by atoms with Gasteiger partial charge in [0.1, 0.15) is 4.90 Å². The highest BCUT2D eigenvalue weighted by atomic mass is 32.2. The Kier molecular flexibility index (Phi) is 4.44. The molecule has 0 aromatic heterocycles. The van der Waals surface area contributed by atoms with E-state index in [9.17, 15) is 35.5 Å². The molecular formula is C16H14N2O8S2. The van der Waals surface area contributed by atoms with Crippen LogP contribution in [0.4, 0.5) is 5.69 Å². The van der Waals surface area contributed by atoms with Crippen molar-refractivity contribution in [3.8, 4) is 0 Å². The SMILES string of the molecule is CC(N)c1cc(S(=O)(=O)O)c(N)c2c1C(=O)c1ccc(S(=O)(=O)O)cc1C2=O. The van der Waals surface area contributed by atoms with Crippen molar-refractivity contribution in [2.75, 3.05) is 5.73 Å². The number of anilines is 1. The summed E-state index contributed by atoms with van der Waals surface area (Å²) in [5, 5.41) is 0. The van der Waals surface area contributed by atoms with Gasteiger partial charge in [-0.05, 0) is 36.8 Å². The van der Waals surface area contributed by atoms with Crippen LogP contribution in [-0.2, 0) is 20.2 Å². The third-order valence-electron chi connectivity index (χ3n) is 4.36. The summed E-state index contributed by atoms with van der Waals surface area (Å²) in [6, 6.07) is 2.83. The Morgan fingerprint density at radius 3 is 1.96 bits per heavy atom. The Bertz CT molecular complexity index is 1280. The van der Waals surface area contributed by atoms with E-state index in [-0.39, 0.29) is 22.3 Å². The molecule has 10 nitrogen and oxygen atoms in total. The maximum absolute atomic E-state index is 13.0. The third-order valence-corrected chi connectivity index (χ3v) is 6.10. The second-order valence-corrected chi connectivity index (χ2v) is 9.04. The number of carbonyl (C=O) groups excluding carboxylic acids is 2. The van der Waals surface area contributed by atoms with E-state index < -0.39 is 58.9 Å². The van der Waals surface area contributed by atoms with Gasteiger partial charge in [-0.1, -0.05) is 0 Å². The summed E-state index contributed by atoms with van der Waals surface area (Å²) in [5.41, 5.74) is 9.62. The van der Waals surface area contributed by atoms with Crippen LogP contribution >= 0.6 is 0 Å². The maximum atomic E-state index is 13.0. The number of carbonyl (C=O) groups is 2. The molecule has 6 N–H and O–H groups in total. The van der Waals surface area contributed by atoms with Gasteiger partial charge in [0.2, 0.25) is 0 Å². The molecule has 0 radical (unpaired) electrons. The van der Waals surface area contributed by atoms with Gasteiger partial charge in [-0.15, -0.1) is 0 Å². The van der Waals surface area contributed by atoms with Crippen LogP contribution in [0.5, 0.6) is 0 Å². The van der Waals surface area contributed by atoms with Gasteiger partial charge in [-0.2, -0.15) is 16.8 Å². The number of nitrogen functional groups attached to an aromatic ring is 1. The molecule has 0 fully saturated rings. The molecule has 1 aliphatic carbocycles. The minimum atomic E-state index is -4.85. The summed E-state index contributed by atoms with van der Waals surface area (Å²) in [4.78, 5) is 24.5. The molecule has 1 atom stereocenters. The van der Waals surface area contributed by atoms with E-state index in [2.05, 4.69) is 0 Å². The smallest absolute Gasteiger partial charge is 0.296 e. The van der Waals surface area contributed by atoms with Gasteiger partial charge in [0.25, 0.3) is 20.2 Å². The van der Waals surface area contributed by atoms with Crippen molar-refractivity contribution in [3.63, 3.8) is 0 Å². The summed E-state index contributed by atoms with van der Waals surface area (Å²) in [7, 11) is -9.52. The van der Waals surface area contributed by atoms with Crippen LogP contribution < -0.4 is 11.5 Å². The normalized spacial score (nSPS) is 15.1. The number of hydrogen-bond acceptors (Lipinski definition) is 8. The van der Waals surface area contributed by atoms with Crippen molar-refractivity contribution in [1.29, 1.82) is 0 Å². The molecule has 1 unspecified atom stereocenters. The summed E-state index contributed by atoms with van der Waals surface area (Å²) in [5.74, 6) is -1.67. The van der Waals surface area contributed by atoms with E-state index in [1.807, 2.05) is 0 Å². The average molecular weight is 426 g/mol. The van der Waals surface area contributed by atoms with Gasteiger partial charge in [0.15, 0.2) is 11.6 Å². The maximum Gasteiger partial charge on any atom is 0.296 e. The summed E-state index contributed by atoms with van der Waals surface area (Å²) in [6.07, 6.45) is 0. The van der Waals surface area contributed by atoms with E-state index >= 15 is 0 Å². The zero-order chi connectivity index (χ0) is 21.2. The van der Waals surface area contributed by atoms with E-state index in [4.69, 9.17) is 11.5 Å². The van der Waals surface area contributed by atoms with Gasteiger partial charge in [-0.25, -0.2) is 0 Å². The van der Waals surface area contributed by atoms with E-state index in [1.54, 1.807) is 0 Å². The fraction of sp³-hybridized carbons (Fsp3) is 0.125. The lowest BCUT2D eigenvalue weighted by molar-refractivity contribution is 0.0978. The summed E-state index contributed by atoms with van der Waals surface area (Å²) < 4.78 is 64.6. The highest BCUT2D eigenvalue weighted by molar-refractivity contribution is 7.86. The van der Waals surface area contributed by atoms with Gasteiger partial charge < -0.3 is 11.5 Å². The molecule has 0 amide bonds. The van der Waals surface area contributed by atoms with Crippen molar-refractivity contribution in [3.05, 3.63) is 52.1 Å². The lowest BCUT2D eigenvalue weighted by Crippen LogP contribution is -2.27. The highest BCUT2D eigenvalue weighted by Gasteiger charge is 2.37. The molecule has 28 heavy (non-hydrogen) atoms. The first-order chi connectivity index (χ1) is 12.7. The van der Waals surface area contributed by atoms with Crippen LogP contribution in [0.1, 0.15) is 50.4 Å². The van der Waals surface area contributed by atoms with E-state index in [1.165, 1.54) is 6.92 Å². The first-order valence-electron chi connectivity index (χ1n) is 7.65. The molecule has 2 aromatic carbocycles. The van der Waals surface area contributed by atoms with Crippen LogP contribution in [0.2, 0.25) is 0 Å². The molecular weight excluding hydrogens is 412 g/mol. The lowest BCUT2D eigenvalue weighted by atomic mass is 9.80. The topological polar surface area (TPSA) is 195 Å². The van der Waals surface area contributed by atoms with Crippen molar-refractivity contribution in [2.45, 2.75) is 22.8 Å². The number of benzene rings is 2. The predicted octanol–water partition coefficient (Wildman–Crippen LogP) is 0.557. The van der Waals surface area contributed by atoms with Crippen molar-refractivity contribution < 1.29 is 35.5 Å². The number of fused-ring (bicyclic) bond motifs is 2. The Labute approximate surface area is 159 Å². The van der Waals surface area contributed by atoms with Crippen molar-refractivity contribution in [1.82, 2.24) is 0 Å². The fourth-order valence-corrected chi connectivity index (χ4v) is 4.25. The molecule has 0 saturated heterocycles. The summed E-state index contributed by atoms with van der Waals surface area (Å²) in [6.45, 7) is 1.44. The number of hydrogen-bond donors (Lipinski definition) is 4. The van der Waals surface area contributed by atoms with E-state index in [0.29, 0.717) is 0 Å². The zero-order valence-corrected chi connectivity index (χ0v) is 15.8. The Hall–Kier alpha value is -2.64. The van der Waals surface area contributed by atoms with Crippen LogP contribution in [0, 0.1) is 0 Å². The minimum Gasteiger partial charge on any atom is -0.397 e. The highest BCUT2D eigenvalue weighted by Crippen LogP contribution is 2.38. The predicted molar refractivity (Wildman–Crippen MR) is 96.4 cm³/mol. The van der Waals surface area contributed by atoms with Crippen LogP contribution in [0.15, 0.2) is 34.1 Å². The second-order valence-electron chi connectivity index (χ2n) is 6.23. The number of ketones is 2. The molecule has 0 spiro atoms. The van der Waals surface area contributed by atoms with Gasteiger partial charge >= 0.3 is 0 Å². The summed E-state index contributed by atoms with van der Waals surface area (Å²) >= 11 is 0. The van der Waals surface area contributed by atoms with Crippen LogP contribution in [0.25, 0.3) is 0 Å². The molecule has 3 rings (SSSR count). The largest absolute Gasteiger partial charge is 0.397 e. The molecule has 0 bridgehead atoms. The molecule has 12 heteroatoms. The molecule has 1 aliphatic rings. The quantitative estimate of drug-likeness (QED) is 0.339. The molecule has 0 aliphatic heterocycles. The molecule has 2 aromatic rings. The van der Waals surface area contributed by atoms with Gasteiger partial charge in [0, 0.05) is 22.7 Å². The molecule has 0 heterocycles. The van der Waals surface area contributed by atoms with Crippen molar-refractivity contribution in [2.24, 2.45) is 5.73 Å². The fourth-order valence-electron chi connectivity index (χ4n) is 3.09. The Morgan fingerprint density at radius 2 is 1.46 bits per heavy atom. The Balaban J connectivity index is 2.45. The number of nitrogens with two attached hydrogens (primary N) is 2. The standard InChI is InChI=1S/C16H14N2O8S2/c1-6(17)9-5-11(28(24,25)26)14(18)13-12(9)15(19)8-3-2-7(27(21,22)23)4-10(8)16(13)20/h2-6H,17-18H2,1H3,(H,21,22,23)(H,24,25,26). The van der Waals surface area contributed by atoms with Crippen LogP contribution in [0.3, 0.4) is 0 Å². The zero-order valence-electron chi connectivity index (χ0n) is 14.2. The Morgan fingerprint density at radius 1 is 0.893 bits per heavy atom. The average Bonchev–Trinajstić information content (AvgIpc) is 2.56. The van der Waals surface area contributed by atoms with Gasteiger partial charge in [-0.3, -0.25) is 18.7 Å². The van der Waals surface area contributed by atoms with E-state index in [0.717, 1.165) is 24.3 Å². The molecule has 148 valence electrons. The second kappa shape index (κ2) is 6.18. The van der Waals surface area contributed by atoms with Crippen LogP contribution in [-0.4, -0.2) is 37.5 Å². The monoisotopic (exact) mass is 426 g/mol. The molecule has 0 saturated carbocycles. The van der Waals surface area contributed by atoms with Crippen molar-refractivity contribution >= 4 is 37.5 Å². The third kappa shape index (κ3) is 3.00. The minimum absolute atomic E-state index is 0.0281. The lowest BCUT2D eigenvalue weighted by Gasteiger charge is -2.24. The van der Waals surface area contributed by atoms with Gasteiger partial charge in [0.05, 0.1) is 16.1 Å².